The zero-order chi connectivity index (χ0) is 19.3. The molecule has 1 fully saturated rings. The molecule has 0 spiro atoms. The Bertz CT molecular complexity index is 982. The number of hydrogen-bond donors (Lipinski definition) is 1. The molecule has 2 atom stereocenters. The summed E-state index contributed by atoms with van der Waals surface area (Å²) >= 11 is 5.86. The largest absolute Gasteiger partial charge is 0.508 e. The molecular weight excluding hydrogens is 367 g/mol. The van der Waals surface area contributed by atoms with Crippen LogP contribution in [0.25, 0.3) is 16.7 Å². The van der Waals surface area contributed by atoms with Crippen LogP contribution in [0.15, 0.2) is 42.2 Å². The summed E-state index contributed by atoms with van der Waals surface area (Å²) in [6, 6.07) is 10.0. The third-order valence-corrected chi connectivity index (χ3v) is 5.80. The highest BCUT2D eigenvalue weighted by molar-refractivity contribution is 6.30. The summed E-state index contributed by atoms with van der Waals surface area (Å²) < 4.78 is 20.2. The van der Waals surface area contributed by atoms with Gasteiger partial charge < -0.3 is 9.84 Å². The third-order valence-electron chi connectivity index (χ3n) is 5.56. The average molecular weight is 387 g/mol. The van der Waals surface area contributed by atoms with E-state index in [1.165, 1.54) is 6.07 Å². The van der Waals surface area contributed by atoms with Gasteiger partial charge in [0.1, 0.15) is 23.3 Å². The Morgan fingerprint density at radius 3 is 2.74 bits per heavy atom. The van der Waals surface area contributed by atoms with Crippen LogP contribution < -0.4 is 0 Å². The topological polar surface area (TPSA) is 46.5 Å². The lowest BCUT2D eigenvalue weighted by Crippen LogP contribution is -2.37. The molecule has 1 N–H and O–H groups in total. The van der Waals surface area contributed by atoms with Crippen LogP contribution in [0, 0.1) is 5.82 Å². The van der Waals surface area contributed by atoms with Gasteiger partial charge in [-0.15, -0.1) is 0 Å². The average Bonchev–Trinajstić information content (AvgIpc) is 3.01. The maximum absolute atomic E-state index is 14.4. The van der Waals surface area contributed by atoms with Gasteiger partial charge in [-0.2, -0.15) is 0 Å². The van der Waals surface area contributed by atoms with Crippen molar-refractivity contribution in [3.8, 4) is 11.1 Å². The molecule has 1 saturated heterocycles. The number of carbonyl (C=O) groups excluding carboxylic acids is 1. The zero-order valence-electron chi connectivity index (χ0n) is 15.2. The molecule has 2 aromatic rings. The number of benzene rings is 2. The number of aryl methyl sites for hydroxylation is 1. The Kier molecular flexibility index (Phi) is 4.36. The van der Waals surface area contributed by atoms with Crippen LogP contribution >= 0.6 is 11.6 Å². The number of rotatable bonds is 3. The van der Waals surface area contributed by atoms with Crippen LogP contribution in [0.1, 0.15) is 37.8 Å². The standard InChI is InChI=1S/C22H20ClFO3/c1-3-12-4-5-13(15-7-6-14(23)11-17(15)24)10-16(12)19-20(25)18-8-9-22(2,27-18)21(19)26/h4-7,10-11,18,26H,3,8-9H2,1-2H3. The van der Waals surface area contributed by atoms with Crippen molar-refractivity contribution in [2.45, 2.75) is 44.8 Å². The van der Waals surface area contributed by atoms with E-state index in [2.05, 4.69) is 0 Å². The lowest BCUT2D eigenvalue weighted by atomic mass is 9.86. The molecule has 2 heterocycles. The lowest BCUT2D eigenvalue weighted by Gasteiger charge is -2.31. The minimum Gasteiger partial charge on any atom is -0.508 e. The van der Waals surface area contributed by atoms with E-state index in [1.54, 1.807) is 18.2 Å². The molecule has 140 valence electrons. The second-order valence-corrected chi connectivity index (χ2v) is 7.75. The molecule has 2 aliphatic heterocycles. The molecule has 4 rings (SSSR count). The predicted molar refractivity (Wildman–Crippen MR) is 103 cm³/mol. The van der Waals surface area contributed by atoms with Crippen LogP contribution in [0.4, 0.5) is 4.39 Å². The maximum atomic E-state index is 14.4. The normalized spacial score (nSPS) is 24.6. The van der Waals surface area contributed by atoms with E-state index in [9.17, 15) is 14.3 Å². The summed E-state index contributed by atoms with van der Waals surface area (Å²) in [5, 5.41) is 11.2. The number of carbonyl (C=O) groups is 1. The Morgan fingerprint density at radius 2 is 2.04 bits per heavy atom. The van der Waals surface area contributed by atoms with Crippen LogP contribution in [0.5, 0.6) is 0 Å². The molecule has 2 bridgehead atoms. The van der Waals surface area contributed by atoms with Crippen LogP contribution in [0.3, 0.4) is 0 Å². The highest BCUT2D eigenvalue weighted by Gasteiger charge is 2.50. The number of aliphatic hydroxyl groups excluding tert-OH is 1. The summed E-state index contributed by atoms with van der Waals surface area (Å²) in [5.74, 6) is -0.656. The van der Waals surface area contributed by atoms with Crippen molar-refractivity contribution in [2.24, 2.45) is 0 Å². The number of hydrogen-bond acceptors (Lipinski definition) is 3. The Hall–Kier alpha value is -2.17. The van der Waals surface area contributed by atoms with Gasteiger partial charge in [-0.25, -0.2) is 4.39 Å². The molecule has 2 unspecified atom stereocenters. The van der Waals surface area contributed by atoms with Gasteiger partial charge in [0.05, 0.1) is 5.57 Å². The van der Waals surface area contributed by atoms with Gasteiger partial charge in [0.2, 0.25) is 0 Å². The first-order valence-electron chi connectivity index (χ1n) is 9.08. The third kappa shape index (κ3) is 2.88. The van der Waals surface area contributed by atoms with Gasteiger partial charge in [-0.05, 0) is 67.1 Å². The van der Waals surface area contributed by atoms with Crippen molar-refractivity contribution in [3.63, 3.8) is 0 Å². The van der Waals surface area contributed by atoms with Crippen LogP contribution in [0.2, 0.25) is 5.02 Å². The van der Waals surface area contributed by atoms with E-state index in [-0.39, 0.29) is 11.5 Å². The molecule has 0 saturated carbocycles. The summed E-state index contributed by atoms with van der Waals surface area (Å²) in [4.78, 5) is 12.9. The van der Waals surface area contributed by atoms with Crippen molar-refractivity contribution in [1.82, 2.24) is 0 Å². The van der Waals surface area contributed by atoms with Crippen molar-refractivity contribution >= 4 is 23.0 Å². The second kappa shape index (κ2) is 6.47. The van der Waals surface area contributed by atoms with E-state index < -0.39 is 17.5 Å². The molecule has 27 heavy (non-hydrogen) atoms. The smallest absolute Gasteiger partial charge is 0.195 e. The monoisotopic (exact) mass is 386 g/mol. The van der Waals surface area contributed by atoms with Gasteiger partial charge in [0.15, 0.2) is 5.78 Å². The number of ether oxygens (including phenoxy) is 1. The molecule has 0 amide bonds. The number of halogens is 2. The fourth-order valence-corrected chi connectivity index (χ4v) is 4.17. The fraction of sp³-hybridized carbons (Fsp3) is 0.318. The zero-order valence-corrected chi connectivity index (χ0v) is 15.9. The van der Waals surface area contributed by atoms with Crippen LogP contribution in [-0.4, -0.2) is 22.6 Å². The van der Waals surface area contributed by atoms with Gasteiger partial charge >= 0.3 is 0 Å². The number of fused-ring (bicyclic) bond motifs is 2. The van der Waals surface area contributed by atoms with Gasteiger partial charge in [-0.1, -0.05) is 30.7 Å². The van der Waals surface area contributed by atoms with E-state index in [4.69, 9.17) is 16.3 Å². The molecule has 0 aromatic heterocycles. The number of aliphatic hydroxyl groups is 1. The van der Waals surface area contributed by atoms with Crippen molar-refractivity contribution < 1.29 is 19.0 Å². The molecule has 0 aliphatic carbocycles. The summed E-state index contributed by atoms with van der Waals surface area (Å²) in [5.41, 5.74) is 2.08. The Morgan fingerprint density at radius 1 is 1.26 bits per heavy atom. The van der Waals surface area contributed by atoms with Crippen molar-refractivity contribution in [1.29, 1.82) is 0 Å². The Balaban J connectivity index is 1.91. The molecule has 2 aliphatic rings. The van der Waals surface area contributed by atoms with E-state index >= 15 is 0 Å². The number of ketones is 1. The van der Waals surface area contributed by atoms with Gasteiger partial charge in [-0.3, -0.25) is 4.79 Å². The fourth-order valence-electron chi connectivity index (χ4n) is 4.01. The van der Waals surface area contributed by atoms with Crippen LogP contribution in [-0.2, 0) is 16.0 Å². The maximum Gasteiger partial charge on any atom is 0.195 e. The summed E-state index contributed by atoms with van der Waals surface area (Å²) in [6.07, 6.45) is 1.36. The van der Waals surface area contributed by atoms with E-state index in [0.717, 1.165) is 5.56 Å². The minimum atomic E-state index is -0.833. The highest BCUT2D eigenvalue weighted by atomic mass is 35.5. The quantitative estimate of drug-likeness (QED) is 0.757. The first-order chi connectivity index (χ1) is 12.8. The lowest BCUT2D eigenvalue weighted by molar-refractivity contribution is -0.130. The molecule has 2 aromatic carbocycles. The first kappa shape index (κ1) is 18.2. The first-order valence-corrected chi connectivity index (χ1v) is 9.46. The number of Topliss-reactive ketones (excluding diaryl/α,β-unsaturated/α-hetero) is 1. The summed E-state index contributed by atoms with van der Waals surface area (Å²) in [7, 11) is 0. The molecule has 3 nitrogen and oxygen atoms in total. The summed E-state index contributed by atoms with van der Waals surface area (Å²) in [6.45, 7) is 3.79. The minimum absolute atomic E-state index is 0.0234. The van der Waals surface area contributed by atoms with Gasteiger partial charge in [0.25, 0.3) is 0 Å². The second-order valence-electron chi connectivity index (χ2n) is 7.31. The highest BCUT2D eigenvalue weighted by Crippen LogP contribution is 2.45. The Labute approximate surface area is 162 Å². The SMILES string of the molecule is CCc1ccc(-c2ccc(Cl)cc2F)cc1C1=C(O)C2(C)CCC(O2)C1=O. The van der Waals surface area contributed by atoms with E-state index in [0.29, 0.717) is 46.5 Å². The van der Waals surface area contributed by atoms with Crippen molar-refractivity contribution in [3.05, 3.63) is 64.1 Å². The molecular formula is C22H20ClFO3. The predicted octanol–water partition coefficient (Wildman–Crippen LogP) is 5.50. The van der Waals surface area contributed by atoms with Crippen molar-refractivity contribution in [2.75, 3.05) is 0 Å². The molecule has 5 heteroatoms. The van der Waals surface area contributed by atoms with E-state index in [1.807, 2.05) is 26.0 Å². The molecule has 0 radical (unpaired) electrons. The van der Waals surface area contributed by atoms with Gasteiger partial charge in [0, 0.05) is 10.6 Å².